The van der Waals surface area contributed by atoms with Gasteiger partial charge in [-0.2, -0.15) is 0 Å². The second kappa shape index (κ2) is 5.59. The number of ether oxygens (including phenoxy) is 1. The number of aliphatic hydroxyl groups is 1. The molecule has 3 rings (SSSR count). The number of allylic oxidation sites excluding steroid dienone is 2. The number of hydrogen-bond donors (Lipinski definition) is 2. The van der Waals surface area contributed by atoms with Crippen LogP contribution in [0.15, 0.2) is 77.8 Å². The highest BCUT2D eigenvalue weighted by atomic mass is 16.6. The summed E-state index contributed by atoms with van der Waals surface area (Å²) >= 11 is 0. The molecular weight excluding hydrogens is 284 g/mol. The maximum atomic E-state index is 10.8. The van der Waals surface area contributed by atoms with E-state index >= 15 is 0 Å². The summed E-state index contributed by atoms with van der Waals surface area (Å²) in [4.78, 5) is 10.3. The zero-order valence-electron chi connectivity index (χ0n) is 11.6. The summed E-state index contributed by atoms with van der Waals surface area (Å²) in [6, 6.07) is 9.50. The summed E-state index contributed by atoms with van der Waals surface area (Å²) in [5, 5.41) is 24.0. The van der Waals surface area contributed by atoms with E-state index < -0.39 is 10.7 Å². The molecule has 0 saturated carbocycles. The van der Waals surface area contributed by atoms with Crippen LogP contribution in [0.5, 0.6) is 0 Å². The van der Waals surface area contributed by atoms with E-state index in [1.54, 1.807) is 6.08 Å². The second-order valence-electron chi connectivity index (χ2n) is 4.99. The van der Waals surface area contributed by atoms with Crippen LogP contribution in [-0.2, 0) is 11.3 Å². The van der Waals surface area contributed by atoms with Crippen LogP contribution in [0.4, 0.5) is 0 Å². The Bertz CT molecular complexity index is 719. The fourth-order valence-corrected chi connectivity index (χ4v) is 2.21. The van der Waals surface area contributed by atoms with Gasteiger partial charge in [-0.25, -0.2) is 0 Å². The van der Waals surface area contributed by atoms with Gasteiger partial charge in [0.2, 0.25) is 5.79 Å². The van der Waals surface area contributed by atoms with E-state index in [2.05, 4.69) is 5.32 Å². The lowest BCUT2D eigenvalue weighted by molar-refractivity contribution is -0.419. The van der Waals surface area contributed by atoms with Crippen molar-refractivity contribution in [3.05, 3.63) is 93.5 Å². The van der Waals surface area contributed by atoms with Crippen LogP contribution in [0.3, 0.4) is 0 Å². The third-order valence-electron chi connectivity index (χ3n) is 3.37. The largest absolute Gasteiger partial charge is 0.359 e. The average Bonchev–Trinajstić information content (AvgIpc) is 2.53. The van der Waals surface area contributed by atoms with Crippen molar-refractivity contribution in [2.45, 2.75) is 12.4 Å². The van der Waals surface area contributed by atoms with Gasteiger partial charge in [0.15, 0.2) is 0 Å². The first-order valence-corrected chi connectivity index (χ1v) is 6.71. The summed E-state index contributed by atoms with van der Waals surface area (Å²) in [6.45, 7) is 0.250. The van der Waals surface area contributed by atoms with Gasteiger partial charge in [0.1, 0.15) is 0 Å². The van der Waals surface area contributed by atoms with E-state index in [0.717, 1.165) is 5.56 Å². The Morgan fingerprint density at radius 2 is 2.09 bits per heavy atom. The number of nitrogens with zero attached hydrogens (tertiary/aromatic N) is 1. The smallest absolute Gasteiger partial charge is 0.285 e. The molecule has 0 aromatic heterocycles. The first-order chi connectivity index (χ1) is 10.6. The minimum absolute atomic E-state index is 0.0348. The molecule has 1 aliphatic heterocycles. The van der Waals surface area contributed by atoms with Crippen LogP contribution < -0.4 is 5.32 Å². The lowest BCUT2D eigenvalue weighted by atomic mass is 9.99. The molecule has 6 nitrogen and oxygen atoms in total. The summed E-state index contributed by atoms with van der Waals surface area (Å²) in [5.74, 6) is -1.55. The van der Waals surface area contributed by atoms with Gasteiger partial charge in [-0.05, 0) is 11.6 Å². The Morgan fingerprint density at radius 1 is 1.32 bits per heavy atom. The lowest BCUT2D eigenvalue weighted by Crippen LogP contribution is -2.32. The van der Waals surface area contributed by atoms with Gasteiger partial charge in [0, 0.05) is 23.4 Å². The fourth-order valence-electron chi connectivity index (χ4n) is 2.21. The van der Waals surface area contributed by atoms with Gasteiger partial charge in [-0.1, -0.05) is 36.4 Å². The highest BCUT2D eigenvalue weighted by Gasteiger charge is 2.29. The molecule has 0 bridgehead atoms. The maximum Gasteiger partial charge on any atom is 0.285 e. The molecular formula is C16H14N2O4. The van der Waals surface area contributed by atoms with Crippen molar-refractivity contribution in [3.63, 3.8) is 0 Å². The standard InChI is InChI=1S/C16H14N2O4/c19-16(22-11-12-4-2-1-3-5-12)7-6-13-8-14(18(20)21)10-17-15(13)9-16/h1-10,17,19H,11H2. The molecule has 1 aromatic rings. The van der Waals surface area contributed by atoms with E-state index in [9.17, 15) is 15.2 Å². The fraction of sp³-hybridized carbons (Fsp3) is 0.125. The molecule has 0 saturated heterocycles. The van der Waals surface area contributed by atoms with Crippen molar-refractivity contribution in [1.29, 1.82) is 0 Å². The van der Waals surface area contributed by atoms with Crippen LogP contribution in [0.25, 0.3) is 0 Å². The Labute approximate surface area is 126 Å². The third kappa shape index (κ3) is 2.98. The average molecular weight is 298 g/mol. The Hall–Kier alpha value is -2.70. The number of rotatable bonds is 4. The Kier molecular flexibility index (Phi) is 3.62. The normalized spacial score (nSPS) is 22.9. The van der Waals surface area contributed by atoms with Gasteiger partial charge in [0.05, 0.1) is 17.7 Å². The van der Waals surface area contributed by atoms with Crippen molar-refractivity contribution in [2.75, 3.05) is 0 Å². The molecule has 1 heterocycles. The number of dihydropyridines is 1. The predicted molar refractivity (Wildman–Crippen MR) is 79.7 cm³/mol. The molecule has 22 heavy (non-hydrogen) atoms. The van der Waals surface area contributed by atoms with Gasteiger partial charge >= 0.3 is 0 Å². The van der Waals surface area contributed by atoms with Crippen molar-refractivity contribution < 1.29 is 14.8 Å². The second-order valence-corrected chi connectivity index (χ2v) is 4.99. The monoisotopic (exact) mass is 298 g/mol. The number of nitro groups is 1. The Morgan fingerprint density at radius 3 is 2.82 bits per heavy atom. The third-order valence-corrected chi connectivity index (χ3v) is 3.37. The summed E-state index contributed by atoms with van der Waals surface area (Å²) in [6.07, 6.45) is 7.29. The number of fused-ring (bicyclic) bond motifs is 1. The summed E-state index contributed by atoms with van der Waals surface area (Å²) in [5.41, 5.74) is 2.11. The minimum Gasteiger partial charge on any atom is -0.359 e. The highest BCUT2D eigenvalue weighted by molar-refractivity contribution is 5.50. The van der Waals surface area contributed by atoms with Crippen LogP contribution in [0.2, 0.25) is 0 Å². The quantitative estimate of drug-likeness (QED) is 0.504. The van der Waals surface area contributed by atoms with Gasteiger partial charge < -0.3 is 15.2 Å². The van der Waals surface area contributed by atoms with Crippen molar-refractivity contribution in [1.82, 2.24) is 5.32 Å². The van der Waals surface area contributed by atoms with Gasteiger partial charge in [-0.15, -0.1) is 0 Å². The molecule has 6 heteroatoms. The van der Waals surface area contributed by atoms with Crippen LogP contribution in [-0.4, -0.2) is 15.8 Å². The first kappa shape index (κ1) is 14.2. The summed E-state index contributed by atoms with van der Waals surface area (Å²) in [7, 11) is 0. The van der Waals surface area contributed by atoms with Gasteiger partial charge in [0.25, 0.3) is 5.70 Å². The van der Waals surface area contributed by atoms with E-state index in [4.69, 9.17) is 4.74 Å². The molecule has 112 valence electrons. The number of hydrogen-bond acceptors (Lipinski definition) is 5. The van der Waals surface area contributed by atoms with Crippen LogP contribution >= 0.6 is 0 Å². The lowest BCUT2D eigenvalue weighted by Gasteiger charge is -2.27. The molecule has 0 amide bonds. The van der Waals surface area contributed by atoms with Crippen molar-refractivity contribution >= 4 is 0 Å². The molecule has 1 unspecified atom stereocenters. The molecule has 2 N–H and O–H groups in total. The minimum atomic E-state index is -1.55. The zero-order valence-corrected chi connectivity index (χ0v) is 11.6. The van der Waals surface area contributed by atoms with Crippen LogP contribution in [0, 0.1) is 10.1 Å². The van der Waals surface area contributed by atoms with E-state index in [-0.39, 0.29) is 12.3 Å². The Balaban J connectivity index is 1.74. The predicted octanol–water partition coefficient (Wildman–Crippen LogP) is 1.99. The number of benzene rings is 1. The van der Waals surface area contributed by atoms with E-state index in [1.807, 2.05) is 30.3 Å². The zero-order chi connectivity index (χ0) is 15.6. The molecule has 0 radical (unpaired) electrons. The van der Waals surface area contributed by atoms with Crippen LogP contribution in [0.1, 0.15) is 5.56 Å². The van der Waals surface area contributed by atoms with E-state index in [0.29, 0.717) is 11.3 Å². The first-order valence-electron chi connectivity index (χ1n) is 6.71. The molecule has 2 aliphatic rings. The summed E-state index contributed by atoms with van der Waals surface area (Å²) < 4.78 is 5.55. The number of nitrogens with one attached hydrogen (secondary N) is 1. The molecule has 1 atom stereocenters. The molecule has 0 spiro atoms. The van der Waals surface area contributed by atoms with Gasteiger partial charge in [-0.3, -0.25) is 10.1 Å². The van der Waals surface area contributed by atoms with Crippen molar-refractivity contribution in [2.24, 2.45) is 0 Å². The molecule has 1 aliphatic carbocycles. The molecule has 0 fully saturated rings. The topological polar surface area (TPSA) is 84.6 Å². The molecule has 1 aromatic carbocycles. The van der Waals surface area contributed by atoms with E-state index in [1.165, 1.54) is 24.4 Å². The van der Waals surface area contributed by atoms with Crippen molar-refractivity contribution in [3.8, 4) is 0 Å². The SMILES string of the molecule is O=[N+]([O-])C1=CNC2=CC(O)(OCc3ccccc3)C=CC2=C1. The highest BCUT2D eigenvalue weighted by Crippen LogP contribution is 2.28. The maximum absolute atomic E-state index is 10.8.